The SMILES string of the molecule is CCC1Nc2nnc(-c3ccccc3O)cc2N2CCN(CC3CCN(CC4CCN(c5ccc6c(c5)C(=O)N(C5CCC(=O)NC5=O)C6=O)CC4)CC3)CC12. The monoisotopic (exact) mass is 761 g/mol. The van der Waals surface area contributed by atoms with Gasteiger partial charge in [-0.1, -0.05) is 19.1 Å². The standard InChI is InChI=1S/C42H51N9O5/c1-2-32-36-25-48(19-20-50(36)35-22-33(45-46-39(35)43-32)30-5-3-4-6-37(30)52)24-26-11-15-47(16-12-26)23-27-13-17-49(18-14-27)28-7-8-29-31(21-28)42(56)51(41(29)55)34-9-10-38(53)44-40(34)54/h3-8,21-22,26-27,32,34,36,52H,2,9-20,23-25H2,1H3,(H,43,46)(H,44,53,54). The van der Waals surface area contributed by atoms with Crippen LogP contribution < -0.4 is 20.4 Å². The Labute approximate surface area is 327 Å². The highest BCUT2D eigenvalue weighted by Gasteiger charge is 2.45. The number of amides is 4. The molecule has 3 atom stereocenters. The topological polar surface area (TPSA) is 155 Å². The largest absolute Gasteiger partial charge is 0.507 e. The van der Waals surface area contributed by atoms with E-state index < -0.39 is 23.8 Å². The molecule has 14 nitrogen and oxygen atoms in total. The van der Waals surface area contributed by atoms with E-state index in [-0.39, 0.29) is 24.5 Å². The minimum absolute atomic E-state index is 0.107. The lowest BCUT2D eigenvalue weighted by molar-refractivity contribution is -0.136. The Morgan fingerprint density at radius 2 is 1.50 bits per heavy atom. The van der Waals surface area contributed by atoms with Crippen LogP contribution in [0, 0.1) is 11.8 Å². The summed E-state index contributed by atoms with van der Waals surface area (Å²) in [7, 11) is 0. The van der Waals surface area contributed by atoms with E-state index in [0.29, 0.717) is 46.3 Å². The second kappa shape index (κ2) is 15.1. The number of para-hydroxylation sites is 1. The lowest BCUT2D eigenvalue weighted by atomic mass is 9.91. The molecule has 0 spiro atoms. The van der Waals surface area contributed by atoms with Gasteiger partial charge in [0.1, 0.15) is 11.8 Å². The number of piperidine rings is 3. The predicted molar refractivity (Wildman–Crippen MR) is 212 cm³/mol. The van der Waals surface area contributed by atoms with Gasteiger partial charge in [-0.25, -0.2) is 0 Å². The number of piperazine rings is 1. The van der Waals surface area contributed by atoms with Crippen molar-refractivity contribution in [3.63, 3.8) is 0 Å². The number of benzene rings is 2. The fourth-order valence-corrected chi connectivity index (χ4v) is 9.96. The number of anilines is 3. The molecule has 4 saturated heterocycles. The molecule has 56 heavy (non-hydrogen) atoms. The predicted octanol–water partition coefficient (Wildman–Crippen LogP) is 3.57. The van der Waals surface area contributed by atoms with Gasteiger partial charge in [0.25, 0.3) is 11.8 Å². The van der Waals surface area contributed by atoms with Crippen molar-refractivity contribution in [2.45, 2.75) is 70.0 Å². The quantitative estimate of drug-likeness (QED) is 0.288. The third-order valence-corrected chi connectivity index (χ3v) is 13.1. The van der Waals surface area contributed by atoms with Crippen molar-refractivity contribution >= 4 is 40.8 Å². The molecule has 4 fully saturated rings. The van der Waals surface area contributed by atoms with E-state index in [1.807, 2.05) is 24.3 Å². The van der Waals surface area contributed by atoms with Gasteiger partial charge in [-0.05, 0) is 99.8 Å². The van der Waals surface area contributed by atoms with Crippen LogP contribution in [0.4, 0.5) is 17.2 Å². The second-order valence-corrected chi connectivity index (χ2v) is 16.5. The molecule has 0 radical (unpaired) electrons. The van der Waals surface area contributed by atoms with Gasteiger partial charge < -0.3 is 25.1 Å². The molecule has 4 amide bonds. The maximum atomic E-state index is 13.4. The van der Waals surface area contributed by atoms with Crippen LogP contribution >= 0.6 is 0 Å². The molecule has 0 aliphatic carbocycles. The Balaban J connectivity index is 0.746. The summed E-state index contributed by atoms with van der Waals surface area (Å²) in [4.78, 5) is 61.8. The highest BCUT2D eigenvalue weighted by atomic mass is 16.3. The summed E-state index contributed by atoms with van der Waals surface area (Å²) in [5.41, 5.74) is 4.05. The third-order valence-electron chi connectivity index (χ3n) is 13.1. The fraction of sp³-hybridized carbons (Fsp3) is 0.524. The first kappa shape index (κ1) is 36.6. The Bertz CT molecular complexity index is 2030. The number of fused-ring (bicyclic) bond motifs is 4. The summed E-state index contributed by atoms with van der Waals surface area (Å²) >= 11 is 0. The second-order valence-electron chi connectivity index (χ2n) is 16.5. The summed E-state index contributed by atoms with van der Waals surface area (Å²) in [6.45, 7) is 11.5. The first-order chi connectivity index (χ1) is 27.2. The molecule has 6 aliphatic rings. The van der Waals surface area contributed by atoms with E-state index in [2.05, 4.69) is 53.4 Å². The molecule has 14 heteroatoms. The van der Waals surface area contributed by atoms with Crippen LogP contribution in [0.2, 0.25) is 0 Å². The first-order valence-corrected chi connectivity index (χ1v) is 20.5. The molecule has 6 aliphatic heterocycles. The molecule has 7 heterocycles. The van der Waals surface area contributed by atoms with E-state index in [1.54, 1.807) is 18.2 Å². The smallest absolute Gasteiger partial charge is 0.262 e. The Morgan fingerprint density at radius 3 is 2.25 bits per heavy atom. The van der Waals surface area contributed by atoms with Crippen molar-refractivity contribution in [1.82, 2.24) is 30.2 Å². The van der Waals surface area contributed by atoms with Crippen LogP contribution in [0.1, 0.15) is 72.6 Å². The van der Waals surface area contributed by atoms with Gasteiger partial charge in [0.05, 0.1) is 28.6 Å². The number of nitrogens with one attached hydrogen (secondary N) is 2. The zero-order chi connectivity index (χ0) is 38.5. The third kappa shape index (κ3) is 6.87. The zero-order valence-corrected chi connectivity index (χ0v) is 32.0. The number of hydrogen-bond donors (Lipinski definition) is 3. The number of carbonyl (C=O) groups excluding carboxylic acids is 4. The van der Waals surface area contributed by atoms with Gasteiger partial charge >= 0.3 is 0 Å². The number of imide groups is 2. The van der Waals surface area contributed by atoms with Crippen LogP contribution in [0.25, 0.3) is 11.3 Å². The van der Waals surface area contributed by atoms with Crippen molar-refractivity contribution in [3.05, 3.63) is 59.7 Å². The van der Waals surface area contributed by atoms with E-state index in [9.17, 15) is 24.3 Å². The molecule has 294 valence electrons. The lowest BCUT2D eigenvalue weighted by Gasteiger charge is -2.50. The van der Waals surface area contributed by atoms with Gasteiger partial charge in [0, 0.05) is 69.5 Å². The fourth-order valence-electron chi connectivity index (χ4n) is 9.96. The van der Waals surface area contributed by atoms with Crippen LogP contribution in [-0.2, 0) is 9.59 Å². The number of aromatic hydroxyl groups is 1. The summed E-state index contributed by atoms with van der Waals surface area (Å²) < 4.78 is 0. The summed E-state index contributed by atoms with van der Waals surface area (Å²) in [5, 5.41) is 25.4. The number of nitrogens with zero attached hydrogens (tertiary/aromatic N) is 7. The molecule has 3 aromatic rings. The number of likely N-dealkylation sites (tertiary alicyclic amines) is 1. The van der Waals surface area contributed by atoms with Gasteiger partial charge in [-0.15, -0.1) is 10.2 Å². The van der Waals surface area contributed by atoms with Crippen LogP contribution in [-0.4, -0.2) is 131 Å². The van der Waals surface area contributed by atoms with Crippen molar-refractivity contribution in [2.24, 2.45) is 11.8 Å². The Hall–Kier alpha value is -5.08. The van der Waals surface area contributed by atoms with Crippen molar-refractivity contribution in [1.29, 1.82) is 0 Å². The lowest BCUT2D eigenvalue weighted by Crippen LogP contribution is -2.62. The van der Waals surface area contributed by atoms with E-state index in [0.717, 1.165) is 100 Å². The average molecular weight is 762 g/mol. The van der Waals surface area contributed by atoms with E-state index in [1.165, 1.54) is 12.8 Å². The van der Waals surface area contributed by atoms with Gasteiger partial charge in [0.15, 0.2) is 5.82 Å². The van der Waals surface area contributed by atoms with Gasteiger partial charge in [-0.3, -0.25) is 34.3 Å². The molecule has 1 aromatic heterocycles. The van der Waals surface area contributed by atoms with Crippen LogP contribution in [0.3, 0.4) is 0 Å². The normalized spacial score (nSPS) is 25.2. The van der Waals surface area contributed by atoms with Crippen molar-refractivity contribution in [2.75, 3.05) is 74.0 Å². The first-order valence-electron chi connectivity index (χ1n) is 20.5. The minimum atomic E-state index is -0.953. The zero-order valence-electron chi connectivity index (χ0n) is 32.0. The Kier molecular flexibility index (Phi) is 9.86. The summed E-state index contributed by atoms with van der Waals surface area (Å²) in [6, 6.07) is 14.5. The molecule has 3 N–H and O–H groups in total. The number of phenols is 1. The van der Waals surface area contributed by atoms with Crippen LogP contribution in [0.15, 0.2) is 48.5 Å². The number of rotatable bonds is 8. The number of aromatic nitrogens is 2. The molecule has 2 aromatic carbocycles. The molecular weight excluding hydrogens is 711 g/mol. The summed E-state index contributed by atoms with van der Waals surface area (Å²) in [6.07, 6.45) is 5.87. The minimum Gasteiger partial charge on any atom is -0.507 e. The highest BCUT2D eigenvalue weighted by molar-refractivity contribution is 6.23. The molecular formula is C42H51N9O5. The maximum Gasteiger partial charge on any atom is 0.262 e. The van der Waals surface area contributed by atoms with Crippen LogP contribution in [0.5, 0.6) is 5.75 Å². The number of phenolic OH excluding ortho intramolecular Hbond substituents is 1. The van der Waals surface area contributed by atoms with Gasteiger partial charge in [-0.2, -0.15) is 0 Å². The van der Waals surface area contributed by atoms with Crippen molar-refractivity contribution < 1.29 is 24.3 Å². The van der Waals surface area contributed by atoms with Crippen molar-refractivity contribution in [3.8, 4) is 17.0 Å². The Morgan fingerprint density at radius 1 is 0.768 bits per heavy atom. The highest BCUT2D eigenvalue weighted by Crippen LogP contribution is 2.39. The summed E-state index contributed by atoms with van der Waals surface area (Å²) in [5.74, 6) is 0.471. The average Bonchev–Trinajstić information content (AvgIpc) is 3.46. The number of hydrogen-bond acceptors (Lipinski definition) is 12. The molecule has 0 bridgehead atoms. The number of carbonyl (C=O) groups is 4. The van der Waals surface area contributed by atoms with E-state index in [4.69, 9.17) is 0 Å². The van der Waals surface area contributed by atoms with E-state index >= 15 is 0 Å². The molecule has 0 saturated carbocycles. The molecule has 3 unspecified atom stereocenters. The van der Waals surface area contributed by atoms with Gasteiger partial charge in [0.2, 0.25) is 11.8 Å². The molecule has 9 rings (SSSR count). The maximum absolute atomic E-state index is 13.4.